The highest BCUT2D eigenvalue weighted by molar-refractivity contribution is 5.26. The van der Waals surface area contributed by atoms with Crippen LogP contribution in [0.25, 0.3) is 0 Å². The molecule has 100 valence electrons. The summed E-state index contributed by atoms with van der Waals surface area (Å²) in [6.07, 6.45) is 6.64. The Labute approximate surface area is 111 Å². The first-order chi connectivity index (χ1) is 8.72. The Bertz CT molecular complexity index is 339. The fourth-order valence-corrected chi connectivity index (χ4v) is 1.47. The van der Waals surface area contributed by atoms with Crippen molar-refractivity contribution in [2.45, 2.75) is 46.3 Å². The number of hydrogen-bond acceptors (Lipinski definition) is 2. The Hall–Kier alpha value is -1.28. The third kappa shape index (κ3) is 6.45. The van der Waals surface area contributed by atoms with Gasteiger partial charge in [0, 0.05) is 0 Å². The average Bonchev–Trinajstić information content (AvgIpc) is 2.37. The Balaban J connectivity index is 2.29. The van der Waals surface area contributed by atoms with Crippen molar-refractivity contribution in [3.8, 4) is 5.75 Å². The smallest absolute Gasteiger partial charge is 0.119 e. The van der Waals surface area contributed by atoms with E-state index in [1.54, 1.807) is 0 Å². The second-order valence-electron chi connectivity index (χ2n) is 4.52. The molecular weight excluding hydrogens is 224 g/mol. The first kappa shape index (κ1) is 14.8. The predicted octanol–water partition coefficient (Wildman–Crippen LogP) is 4.35. The lowest BCUT2D eigenvalue weighted by Gasteiger charge is -2.08. The third-order valence-corrected chi connectivity index (χ3v) is 2.46. The minimum Gasteiger partial charge on any atom is -0.493 e. The van der Waals surface area contributed by atoms with E-state index >= 15 is 0 Å². The Morgan fingerprint density at radius 3 is 2.44 bits per heavy atom. The molecule has 0 heterocycles. The van der Waals surface area contributed by atoms with Crippen LogP contribution in [-0.2, 0) is 11.3 Å². The van der Waals surface area contributed by atoms with Crippen LogP contribution in [-0.4, -0.2) is 12.7 Å². The molecule has 0 aliphatic heterocycles. The van der Waals surface area contributed by atoms with Crippen molar-refractivity contribution >= 4 is 0 Å². The highest BCUT2D eigenvalue weighted by atomic mass is 16.5. The van der Waals surface area contributed by atoms with E-state index in [9.17, 15) is 0 Å². The summed E-state index contributed by atoms with van der Waals surface area (Å²) in [6.45, 7) is 7.62. The molecule has 1 rings (SSSR count). The van der Waals surface area contributed by atoms with E-state index < -0.39 is 0 Å². The SMILES string of the molecule is CCC=CCCOc1ccc(COC(C)C)cc1. The first-order valence-corrected chi connectivity index (χ1v) is 6.70. The van der Waals surface area contributed by atoms with Crippen molar-refractivity contribution in [2.24, 2.45) is 0 Å². The number of rotatable bonds is 8. The van der Waals surface area contributed by atoms with Crippen molar-refractivity contribution in [2.75, 3.05) is 6.61 Å². The fraction of sp³-hybridized carbons (Fsp3) is 0.500. The summed E-state index contributed by atoms with van der Waals surface area (Å²) < 4.78 is 11.2. The Morgan fingerprint density at radius 2 is 1.83 bits per heavy atom. The lowest BCUT2D eigenvalue weighted by Crippen LogP contribution is -2.02. The molecule has 0 aliphatic rings. The van der Waals surface area contributed by atoms with Crippen molar-refractivity contribution in [3.63, 3.8) is 0 Å². The molecule has 0 amide bonds. The van der Waals surface area contributed by atoms with E-state index in [1.165, 1.54) is 5.56 Å². The topological polar surface area (TPSA) is 18.5 Å². The summed E-state index contributed by atoms with van der Waals surface area (Å²) in [5.41, 5.74) is 1.18. The van der Waals surface area contributed by atoms with Gasteiger partial charge in [-0.05, 0) is 44.4 Å². The molecule has 1 aromatic carbocycles. The summed E-state index contributed by atoms with van der Waals surface area (Å²) in [4.78, 5) is 0. The molecule has 0 spiro atoms. The fourth-order valence-electron chi connectivity index (χ4n) is 1.47. The quantitative estimate of drug-likeness (QED) is 0.503. The van der Waals surface area contributed by atoms with Gasteiger partial charge in [-0.2, -0.15) is 0 Å². The second kappa shape index (κ2) is 8.76. The summed E-state index contributed by atoms with van der Waals surface area (Å²) in [6, 6.07) is 8.12. The molecule has 0 saturated heterocycles. The monoisotopic (exact) mass is 248 g/mol. The van der Waals surface area contributed by atoms with Gasteiger partial charge in [-0.25, -0.2) is 0 Å². The second-order valence-corrected chi connectivity index (χ2v) is 4.52. The molecule has 0 bridgehead atoms. The molecule has 0 N–H and O–H groups in total. The lowest BCUT2D eigenvalue weighted by molar-refractivity contribution is 0.0657. The Morgan fingerprint density at radius 1 is 1.11 bits per heavy atom. The maximum Gasteiger partial charge on any atom is 0.119 e. The van der Waals surface area contributed by atoms with Gasteiger partial charge in [0.2, 0.25) is 0 Å². The Kier molecular flexibility index (Phi) is 7.19. The predicted molar refractivity (Wildman–Crippen MR) is 75.9 cm³/mol. The van der Waals surface area contributed by atoms with Gasteiger partial charge in [0.25, 0.3) is 0 Å². The lowest BCUT2D eigenvalue weighted by atomic mass is 10.2. The summed E-state index contributed by atoms with van der Waals surface area (Å²) in [5, 5.41) is 0. The minimum absolute atomic E-state index is 0.270. The van der Waals surface area contributed by atoms with Crippen molar-refractivity contribution in [3.05, 3.63) is 42.0 Å². The van der Waals surface area contributed by atoms with Crippen LogP contribution in [0, 0.1) is 0 Å². The zero-order valence-electron chi connectivity index (χ0n) is 11.7. The number of allylic oxidation sites excluding steroid dienone is 1. The van der Waals surface area contributed by atoms with Crippen LogP contribution in [0.5, 0.6) is 5.75 Å². The number of benzene rings is 1. The van der Waals surface area contributed by atoms with Gasteiger partial charge in [-0.3, -0.25) is 0 Å². The van der Waals surface area contributed by atoms with Crippen LogP contribution in [0.15, 0.2) is 36.4 Å². The zero-order valence-corrected chi connectivity index (χ0v) is 11.7. The van der Waals surface area contributed by atoms with Crippen molar-refractivity contribution < 1.29 is 9.47 Å². The number of ether oxygens (including phenoxy) is 2. The largest absolute Gasteiger partial charge is 0.493 e. The zero-order chi connectivity index (χ0) is 13.2. The summed E-state index contributed by atoms with van der Waals surface area (Å²) in [5.74, 6) is 0.924. The first-order valence-electron chi connectivity index (χ1n) is 6.70. The molecular formula is C16H24O2. The van der Waals surface area contributed by atoms with Crippen molar-refractivity contribution in [1.82, 2.24) is 0 Å². The van der Waals surface area contributed by atoms with Crippen LogP contribution >= 0.6 is 0 Å². The van der Waals surface area contributed by atoms with Gasteiger partial charge in [-0.15, -0.1) is 0 Å². The number of hydrogen-bond donors (Lipinski definition) is 0. The van der Waals surface area contributed by atoms with E-state index in [0.717, 1.165) is 25.2 Å². The maximum absolute atomic E-state index is 5.64. The van der Waals surface area contributed by atoms with E-state index in [1.807, 2.05) is 26.0 Å². The van der Waals surface area contributed by atoms with E-state index in [2.05, 4.69) is 31.2 Å². The average molecular weight is 248 g/mol. The molecule has 0 radical (unpaired) electrons. The molecule has 0 unspecified atom stereocenters. The van der Waals surface area contributed by atoms with Gasteiger partial charge in [0.1, 0.15) is 5.75 Å². The van der Waals surface area contributed by atoms with Gasteiger partial charge >= 0.3 is 0 Å². The molecule has 0 fully saturated rings. The van der Waals surface area contributed by atoms with Crippen LogP contribution in [0.2, 0.25) is 0 Å². The molecule has 2 heteroatoms. The van der Waals surface area contributed by atoms with Gasteiger partial charge in [0.05, 0.1) is 19.3 Å². The van der Waals surface area contributed by atoms with E-state index in [4.69, 9.17) is 9.47 Å². The summed E-state index contributed by atoms with van der Waals surface area (Å²) >= 11 is 0. The van der Waals surface area contributed by atoms with Gasteiger partial charge in [-0.1, -0.05) is 31.2 Å². The highest BCUT2D eigenvalue weighted by Crippen LogP contribution is 2.13. The maximum atomic E-state index is 5.64. The summed E-state index contributed by atoms with van der Waals surface area (Å²) in [7, 11) is 0. The molecule has 0 saturated carbocycles. The molecule has 0 aromatic heterocycles. The van der Waals surface area contributed by atoms with E-state index in [0.29, 0.717) is 6.61 Å². The molecule has 1 aromatic rings. The highest BCUT2D eigenvalue weighted by Gasteiger charge is 1.97. The standard InChI is InChI=1S/C16H24O2/c1-4-5-6-7-12-17-16-10-8-15(9-11-16)13-18-14(2)3/h5-6,8-11,14H,4,7,12-13H2,1-3H3. The van der Waals surface area contributed by atoms with Gasteiger partial charge in [0.15, 0.2) is 0 Å². The minimum atomic E-state index is 0.270. The molecule has 2 nitrogen and oxygen atoms in total. The van der Waals surface area contributed by atoms with Crippen LogP contribution < -0.4 is 4.74 Å². The molecule has 0 aliphatic carbocycles. The van der Waals surface area contributed by atoms with Crippen molar-refractivity contribution in [1.29, 1.82) is 0 Å². The normalized spacial score (nSPS) is 11.3. The molecule has 18 heavy (non-hydrogen) atoms. The van der Waals surface area contributed by atoms with Crippen LogP contribution in [0.1, 0.15) is 39.2 Å². The third-order valence-electron chi connectivity index (χ3n) is 2.46. The van der Waals surface area contributed by atoms with E-state index in [-0.39, 0.29) is 6.10 Å². The van der Waals surface area contributed by atoms with Crippen LogP contribution in [0.3, 0.4) is 0 Å². The van der Waals surface area contributed by atoms with Crippen LogP contribution in [0.4, 0.5) is 0 Å². The van der Waals surface area contributed by atoms with Gasteiger partial charge < -0.3 is 9.47 Å². The molecule has 0 atom stereocenters.